The van der Waals surface area contributed by atoms with Gasteiger partial charge in [-0.3, -0.25) is 0 Å². The van der Waals surface area contributed by atoms with E-state index in [1.54, 1.807) is 12.1 Å². The third-order valence-electron chi connectivity index (χ3n) is 1.70. The summed E-state index contributed by atoms with van der Waals surface area (Å²) in [6.45, 7) is 0. The molecular formula is C8H9BrF3NS. The molecule has 0 bridgehead atoms. The van der Waals surface area contributed by atoms with E-state index in [-0.39, 0.29) is 6.42 Å². The van der Waals surface area contributed by atoms with Crippen LogP contribution in [0.25, 0.3) is 0 Å². The second kappa shape index (κ2) is 4.63. The lowest BCUT2D eigenvalue weighted by Gasteiger charge is -2.11. The molecule has 6 heteroatoms. The predicted molar refractivity (Wildman–Crippen MR) is 54.2 cm³/mol. The predicted octanol–water partition coefficient (Wildman–Crippen LogP) is 3.85. The monoisotopic (exact) mass is 287 g/mol. The number of nitrogens with two attached hydrogens (primary N) is 1. The number of hydrogen-bond donors (Lipinski definition) is 1. The standard InChI is InChI=1S/C8H9BrF3NS/c9-7-2-1-6(14-7)5(13)3-4-8(10,11)12/h1-2,5H,3-4,13H2. The number of thiophene rings is 1. The molecule has 14 heavy (non-hydrogen) atoms. The van der Waals surface area contributed by atoms with Crippen LogP contribution in [0.5, 0.6) is 0 Å². The van der Waals surface area contributed by atoms with Crippen LogP contribution in [0.2, 0.25) is 0 Å². The summed E-state index contributed by atoms with van der Waals surface area (Å²) in [5, 5.41) is 0. The van der Waals surface area contributed by atoms with Gasteiger partial charge in [-0.1, -0.05) is 0 Å². The SMILES string of the molecule is NC(CCC(F)(F)F)c1ccc(Br)s1. The number of rotatable bonds is 3. The Morgan fingerprint density at radius 3 is 2.50 bits per heavy atom. The van der Waals surface area contributed by atoms with Crippen LogP contribution in [0.4, 0.5) is 13.2 Å². The summed E-state index contributed by atoms with van der Waals surface area (Å²) in [7, 11) is 0. The van der Waals surface area contributed by atoms with Gasteiger partial charge in [0.1, 0.15) is 0 Å². The molecule has 0 aromatic carbocycles. The third-order valence-corrected chi connectivity index (χ3v) is 3.45. The molecule has 1 aromatic rings. The van der Waals surface area contributed by atoms with E-state index in [9.17, 15) is 13.2 Å². The molecule has 1 nitrogen and oxygen atoms in total. The molecule has 0 aliphatic heterocycles. The molecule has 1 heterocycles. The fourth-order valence-corrected chi connectivity index (χ4v) is 2.45. The topological polar surface area (TPSA) is 26.0 Å². The number of halogens is 4. The Kier molecular flexibility index (Phi) is 3.97. The lowest BCUT2D eigenvalue weighted by Crippen LogP contribution is -2.14. The smallest absolute Gasteiger partial charge is 0.323 e. The van der Waals surface area contributed by atoms with Crippen molar-refractivity contribution in [1.82, 2.24) is 0 Å². The Morgan fingerprint density at radius 2 is 2.07 bits per heavy atom. The maximum Gasteiger partial charge on any atom is 0.389 e. The highest BCUT2D eigenvalue weighted by atomic mass is 79.9. The molecule has 1 atom stereocenters. The van der Waals surface area contributed by atoms with Gasteiger partial charge in [-0.15, -0.1) is 11.3 Å². The quantitative estimate of drug-likeness (QED) is 0.898. The first-order chi connectivity index (χ1) is 6.38. The minimum absolute atomic E-state index is 0.0591. The van der Waals surface area contributed by atoms with Crippen LogP contribution in [0.15, 0.2) is 15.9 Å². The van der Waals surface area contributed by atoms with Crippen molar-refractivity contribution in [3.8, 4) is 0 Å². The zero-order chi connectivity index (χ0) is 10.8. The first kappa shape index (κ1) is 12.0. The van der Waals surface area contributed by atoms with Gasteiger partial charge in [-0.2, -0.15) is 13.2 Å². The largest absolute Gasteiger partial charge is 0.389 e. The van der Waals surface area contributed by atoms with Crippen LogP contribution < -0.4 is 5.73 Å². The second-order valence-corrected chi connectivity index (χ2v) is 5.40. The molecule has 0 fully saturated rings. The van der Waals surface area contributed by atoms with Crippen LogP contribution in [0, 0.1) is 0 Å². The molecule has 0 saturated carbocycles. The van der Waals surface area contributed by atoms with Crippen molar-refractivity contribution >= 4 is 27.3 Å². The number of hydrogen-bond acceptors (Lipinski definition) is 2. The van der Waals surface area contributed by atoms with Crippen molar-refractivity contribution in [1.29, 1.82) is 0 Å². The fourth-order valence-electron chi connectivity index (χ4n) is 0.989. The van der Waals surface area contributed by atoms with Crippen molar-refractivity contribution in [2.75, 3.05) is 0 Å². The van der Waals surface area contributed by atoms with Crippen LogP contribution in [-0.2, 0) is 0 Å². The van der Waals surface area contributed by atoms with E-state index in [1.165, 1.54) is 11.3 Å². The molecule has 1 aromatic heterocycles. The fraction of sp³-hybridized carbons (Fsp3) is 0.500. The molecule has 1 rings (SSSR count). The van der Waals surface area contributed by atoms with E-state index in [2.05, 4.69) is 15.9 Å². The molecule has 0 aliphatic carbocycles. The van der Waals surface area contributed by atoms with Crippen LogP contribution in [0.3, 0.4) is 0 Å². The van der Waals surface area contributed by atoms with Crippen LogP contribution in [-0.4, -0.2) is 6.18 Å². The molecule has 0 amide bonds. The van der Waals surface area contributed by atoms with Crippen molar-refractivity contribution in [3.63, 3.8) is 0 Å². The molecular weight excluding hydrogens is 279 g/mol. The van der Waals surface area contributed by atoms with E-state index in [1.807, 2.05) is 0 Å². The summed E-state index contributed by atoms with van der Waals surface area (Å²) in [5.74, 6) is 0. The minimum atomic E-state index is -4.12. The molecule has 0 aliphatic rings. The van der Waals surface area contributed by atoms with Crippen molar-refractivity contribution in [2.24, 2.45) is 5.73 Å². The van der Waals surface area contributed by atoms with Crippen LogP contribution in [0.1, 0.15) is 23.8 Å². The Balaban J connectivity index is 2.47. The van der Waals surface area contributed by atoms with Crippen molar-refractivity contribution in [2.45, 2.75) is 25.1 Å². The van der Waals surface area contributed by atoms with Gasteiger partial charge >= 0.3 is 6.18 Å². The van der Waals surface area contributed by atoms with Gasteiger partial charge < -0.3 is 5.73 Å². The van der Waals surface area contributed by atoms with Gasteiger partial charge in [-0.25, -0.2) is 0 Å². The van der Waals surface area contributed by atoms with E-state index >= 15 is 0 Å². The molecule has 0 radical (unpaired) electrons. The van der Waals surface area contributed by atoms with Gasteiger partial charge in [0.2, 0.25) is 0 Å². The average molecular weight is 288 g/mol. The van der Waals surface area contributed by atoms with Gasteiger partial charge in [0, 0.05) is 17.3 Å². The Morgan fingerprint density at radius 1 is 1.43 bits per heavy atom. The molecule has 1 unspecified atom stereocenters. The van der Waals surface area contributed by atoms with E-state index in [0.717, 1.165) is 8.66 Å². The highest BCUT2D eigenvalue weighted by Crippen LogP contribution is 2.31. The van der Waals surface area contributed by atoms with Crippen molar-refractivity contribution in [3.05, 3.63) is 20.8 Å². The Labute approximate surface area is 92.2 Å². The Hall–Kier alpha value is -0.0700. The van der Waals surface area contributed by atoms with E-state index in [4.69, 9.17) is 5.73 Å². The minimum Gasteiger partial charge on any atom is -0.323 e. The summed E-state index contributed by atoms with van der Waals surface area (Å²) in [6.07, 6.45) is -5.01. The zero-order valence-corrected chi connectivity index (χ0v) is 9.55. The van der Waals surface area contributed by atoms with Gasteiger partial charge in [0.25, 0.3) is 0 Å². The van der Waals surface area contributed by atoms with Gasteiger partial charge in [0.05, 0.1) is 3.79 Å². The van der Waals surface area contributed by atoms with E-state index in [0.29, 0.717) is 0 Å². The van der Waals surface area contributed by atoms with Crippen LogP contribution >= 0.6 is 27.3 Å². The zero-order valence-electron chi connectivity index (χ0n) is 7.14. The first-order valence-electron chi connectivity index (χ1n) is 3.96. The normalized spacial score (nSPS) is 14.4. The summed E-state index contributed by atoms with van der Waals surface area (Å²) in [6, 6.07) is 3.01. The number of alkyl halides is 3. The van der Waals surface area contributed by atoms with Gasteiger partial charge in [-0.05, 0) is 34.5 Å². The third kappa shape index (κ3) is 3.98. The maximum atomic E-state index is 11.9. The summed E-state index contributed by atoms with van der Waals surface area (Å²) >= 11 is 4.60. The Bertz CT molecular complexity index is 297. The average Bonchev–Trinajstić information content (AvgIpc) is 2.46. The second-order valence-electron chi connectivity index (χ2n) is 2.90. The summed E-state index contributed by atoms with van der Waals surface area (Å²) < 4.78 is 36.5. The lowest BCUT2D eigenvalue weighted by atomic mass is 10.1. The molecule has 0 saturated heterocycles. The highest BCUT2D eigenvalue weighted by Gasteiger charge is 2.28. The highest BCUT2D eigenvalue weighted by molar-refractivity contribution is 9.11. The summed E-state index contributed by atoms with van der Waals surface area (Å²) in [5.41, 5.74) is 5.61. The van der Waals surface area contributed by atoms with Gasteiger partial charge in [0.15, 0.2) is 0 Å². The lowest BCUT2D eigenvalue weighted by molar-refractivity contribution is -0.136. The first-order valence-corrected chi connectivity index (χ1v) is 5.57. The van der Waals surface area contributed by atoms with Crippen molar-refractivity contribution < 1.29 is 13.2 Å². The summed E-state index contributed by atoms with van der Waals surface area (Å²) in [4.78, 5) is 0.779. The van der Waals surface area contributed by atoms with E-state index < -0.39 is 18.6 Å². The molecule has 0 spiro atoms. The molecule has 2 N–H and O–H groups in total. The maximum absolute atomic E-state index is 11.9. The molecule has 80 valence electrons.